The standard InChI is InChI=1S/C17H26N4O3S/c1-13(2)20-25(22,23)12-15-8-6-5-7-14(15)9-18-10-16-11-19-21(3)17(16)24-4/h5-8,11,13,18,20H,9-10,12H2,1-4H3. The van der Waals surface area contributed by atoms with Crippen molar-refractivity contribution in [2.75, 3.05) is 7.11 Å². The predicted octanol–water partition coefficient (Wildman–Crippen LogP) is 1.55. The second-order valence-electron chi connectivity index (χ2n) is 6.21. The first-order valence-corrected chi connectivity index (χ1v) is 9.80. The SMILES string of the molecule is COc1c(CNCc2ccccc2CS(=O)(=O)NC(C)C)cnn1C. The number of ether oxygens (including phenoxy) is 1. The van der Waals surface area contributed by atoms with E-state index in [2.05, 4.69) is 15.1 Å². The molecule has 0 fully saturated rings. The van der Waals surface area contributed by atoms with Crippen LogP contribution in [0.2, 0.25) is 0 Å². The topological polar surface area (TPSA) is 85.2 Å². The summed E-state index contributed by atoms with van der Waals surface area (Å²) in [5.41, 5.74) is 2.71. The Labute approximate surface area is 149 Å². The van der Waals surface area contributed by atoms with Gasteiger partial charge >= 0.3 is 0 Å². The molecule has 0 radical (unpaired) electrons. The van der Waals surface area contributed by atoms with Crippen molar-refractivity contribution in [3.63, 3.8) is 0 Å². The summed E-state index contributed by atoms with van der Waals surface area (Å²) < 4.78 is 34.0. The molecule has 7 nitrogen and oxygen atoms in total. The summed E-state index contributed by atoms with van der Waals surface area (Å²) in [6.07, 6.45) is 1.76. The van der Waals surface area contributed by atoms with Crippen molar-refractivity contribution in [1.29, 1.82) is 0 Å². The molecule has 0 aliphatic heterocycles. The van der Waals surface area contributed by atoms with Crippen LogP contribution in [0.5, 0.6) is 5.88 Å². The van der Waals surface area contributed by atoms with Crippen molar-refractivity contribution in [3.05, 3.63) is 47.2 Å². The van der Waals surface area contributed by atoms with E-state index in [9.17, 15) is 8.42 Å². The highest BCUT2D eigenvalue weighted by Crippen LogP contribution is 2.17. The van der Waals surface area contributed by atoms with Gasteiger partial charge in [-0.2, -0.15) is 5.10 Å². The van der Waals surface area contributed by atoms with Crippen molar-refractivity contribution in [1.82, 2.24) is 19.8 Å². The quantitative estimate of drug-likeness (QED) is 0.703. The molecule has 0 saturated heterocycles. The smallest absolute Gasteiger partial charge is 0.216 e. The molecule has 25 heavy (non-hydrogen) atoms. The second kappa shape index (κ2) is 8.46. The number of hydrogen-bond donors (Lipinski definition) is 2. The van der Waals surface area contributed by atoms with E-state index in [1.165, 1.54) is 0 Å². The number of nitrogens with zero attached hydrogens (tertiary/aromatic N) is 2. The normalized spacial score (nSPS) is 11.9. The van der Waals surface area contributed by atoms with E-state index >= 15 is 0 Å². The van der Waals surface area contributed by atoms with Gasteiger partial charge in [-0.3, -0.25) is 0 Å². The molecule has 2 aromatic rings. The van der Waals surface area contributed by atoms with Crippen LogP contribution in [0.4, 0.5) is 0 Å². The van der Waals surface area contributed by atoms with E-state index < -0.39 is 10.0 Å². The van der Waals surface area contributed by atoms with Gasteiger partial charge in [0.15, 0.2) is 0 Å². The maximum absolute atomic E-state index is 12.2. The van der Waals surface area contributed by atoms with Gasteiger partial charge < -0.3 is 10.1 Å². The number of sulfonamides is 1. The maximum atomic E-state index is 12.2. The van der Waals surface area contributed by atoms with Crippen LogP contribution in [0, 0.1) is 0 Å². The Morgan fingerprint density at radius 3 is 2.44 bits per heavy atom. The van der Waals surface area contributed by atoms with Gasteiger partial charge in [0.2, 0.25) is 15.9 Å². The van der Waals surface area contributed by atoms with Gasteiger partial charge in [0, 0.05) is 31.7 Å². The van der Waals surface area contributed by atoms with E-state index in [-0.39, 0.29) is 11.8 Å². The summed E-state index contributed by atoms with van der Waals surface area (Å²) in [6.45, 7) is 4.77. The van der Waals surface area contributed by atoms with Gasteiger partial charge in [-0.25, -0.2) is 17.8 Å². The highest BCUT2D eigenvalue weighted by Gasteiger charge is 2.15. The van der Waals surface area contributed by atoms with Crippen molar-refractivity contribution in [3.8, 4) is 5.88 Å². The summed E-state index contributed by atoms with van der Waals surface area (Å²) in [4.78, 5) is 0. The van der Waals surface area contributed by atoms with Gasteiger partial charge in [-0.05, 0) is 25.0 Å². The molecule has 2 N–H and O–H groups in total. The van der Waals surface area contributed by atoms with Gasteiger partial charge in [-0.15, -0.1) is 0 Å². The molecule has 0 spiro atoms. The van der Waals surface area contributed by atoms with Gasteiger partial charge in [-0.1, -0.05) is 24.3 Å². The third-order valence-electron chi connectivity index (χ3n) is 3.66. The molecule has 0 saturated carbocycles. The second-order valence-corrected chi connectivity index (χ2v) is 7.96. The minimum Gasteiger partial charge on any atom is -0.481 e. The van der Waals surface area contributed by atoms with Crippen LogP contribution in [-0.2, 0) is 35.9 Å². The van der Waals surface area contributed by atoms with E-state index in [1.807, 2.05) is 45.2 Å². The van der Waals surface area contributed by atoms with Gasteiger partial charge in [0.25, 0.3) is 0 Å². The highest BCUT2D eigenvalue weighted by molar-refractivity contribution is 7.88. The lowest BCUT2D eigenvalue weighted by Gasteiger charge is -2.13. The van der Waals surface area contributed by atoms with E-state index in [4.69, 9.17) is 4.74 Å². The zero-order valence-corrected chi connectivity index (χ0v) is 15.9. The number of hydrogen-bond acceptors (Lipinski definition) is 5. The zero-order valence-electron chi connectivity index (χ0n) is 15.1. The Morgan fingerprint density at radius 2 is 1.80 bits per heavy atom. The van der Waals surface area contributed by atoms with Crippen LogP contribution in [-0.4, -0.2) is 31.3 Å². The molecule has 1 aromatic carbocycles. The molecule has 0 aliphatic carbocycles. The average molecular weight is 366 g/mol. The van der Waals surface area contributed by atoms with Crippen LogP contribution in [0.15, 0.2) is 30.5 Å². The van der Waals surface area contributed by atoms with Gasteiger partial charge in [0.1, 0.15) is 0 Å². The third-order valence-corrected chi connectivity index (χ3v) is 5.18. The molecule has 0 unspecified atom stereocenters. The molecule has 0 atom stereocenters. The van der Waals surface area contributed by atoms with Crippen LogP contribution in [0.25, 0.3) is 0 Å². The first-order valence-electron chi connectivity index (χ1n) is 8.14. The van der Waals surface area contributed by atoms with Crippen molar-refractivity contribution in [2.24, 2.45) is 7.05 Å². The number of methoxy groups -OCH3 is 1. The number of rotatable bonds is 9. The summed E-state index contributed by atoms with van der Waals surface area (Å²) in [5, 5.41) is 7.50. The lowest BCUT2D eigenvalue weighted by atomic mass is 10.1. The van der Waals surface area contributed by atoms with Crippen LogP contribution >= 0.6 is 0 Å². The summed E-state index contributed by atoms with van der Waals surface area (Å²) >= 11 is 0. The summed E-state index contributed by atoms with van der Waals surface area (Å²) in [7, 11) is 0.0851. The Morgan fingerprint density at radius 1 is 1.16 bits per heavy atom. The van der Waals surface area contributed by atoms with E-state index in [0.29, 0.717) is 19.0 Å². The van der Waals surface area contributed by atoms with Gasteiger partial charge in [0.05, 0.1) is 19.1 Å². The Kier molecular flexibility index (Phi) is 6.57. The zero-order chi connectivity index (χ0) is 18.4. The van der Waals surface area contributed by atoms with Crippen molar-refractivity contribution >= 4 is 10.0 Å². The average Bonchev–Trinajstić information content (AvgIpc) is 2.87. The molecule has 0 amide bonds. The molecule has 0 aliphatic rings. The molecule has 138 valence electrons. The van der Waals surface area contributed by atoms with E-state index in [1.54, 1.807) is 18.0 Å². The van der Waals surface area contributed by atoms with Crippen LogP contribution < -0.4 is 14.8 Å². The predicted molar refractivity (Wildman–Crippen MR) is 97.6 cm³/mol. The number of aromatic nitrogens is 2. The minimum absolute atomic E-state index is 0.0285. The van der Waals surface area contributed by atoms with Crippen LogP contribution in [0.1, 0.15) is 30.5 Å². The molecular weight excluding hydrogens is 340 g/mol. The lowest BCUT2D eigenvalue weighted by molar-refractivity contribution is 0.368. The summed E-state index contributed by atoms with van der Waals surface area (Å²) in [6, 6.07) is 7.43. The Bertz CT molecular complexity index is 800. The Balaban J connectivity index is 2.03. The Hall–Kier alpha value is -1.90. The molecule has 8 heteroatoms. The molecular formula is C17H26N4O3S. The first-order chi connectivity index (χ1) is 11.8. The van der Waals surface area contributed by atoms with Crippen molar-refractivity contribution in [2.45, 2.75) is 38.7 Å². The number of aryl methyl sites for hydroxylation is 1. The summed E-state index contributed by atoms with van der Waals surface area (Å²) in [5.74, 6) is 0.684. The fourth-order valence-electron chi connectivity index (χ4n) is 2.66. The van der Waals surface area contributed by atoms with Crippen LogP contribution in [0.3, 0.4) is 0 Å². The minimum atomic E-state index is -3.35. The maximum Gasteiger partial charge on any atom is 0.216 e. The number of nitrogens with one attached hydrogen (secondary N) is 2. The molecule has 0 bridgehead atoms. The van der Waals surface area contributed by atoms with E-state index in [0.717, 1.165) is 16.7 Å². The monoisotopic (exact) mass is 366 g/mol. The first kappa shape index (κ1) is 19.4. The number of benzene rings is 1. The fourth-order valence-corrected chi connectivity index (χ4v) is 4.16. The molecule has 1 heterocycles. The fraction of sp³-hybridized carbons (Fsp3) is 0.471. The third kappa shape index (κ3) is 5.55. The van der Waals surface area contributed by atoms with Crippen molar-refractivity contribution < 1.29 is 13.2 Å². The lowest BCUT2D eigenvalue weighted by Crippen LogP contribution is -2.31. The molecule has 1 aromatic heterocycles. The highest BCUT2D eigenvalue weighted by atomic mass is 32.2. The largest absolute Gasteiger partial charge is 0.481 e. The molecule has 2 rings (SSSR count).